The zero-order valence-electron chi connectivity index (χ0n) is 15.2. The van der Waals surface area contributed by atoms with Crippen LogP contribution in [0, 0.1) is 13.8 Å². The molecule has 1 fully saturated rings. The molecule has 1 aliphatic rings. The second kappa shape index (κ2) is 6.42. The molecule has 3 aromatic rings. The summed E-state index contributed by atoms with van der Waals surface area (Å²) >= 11 is 0. The second-order valence-electron chi connectivity index (χ2n) is 6.88. The van der Waals surface area contributed by atoms with Gasteiger partial charge in [0.15, 0.2) is 0 Å². The van der Waals surface area contributed by atoms with Crippen LogP contribution in [-0.4, -0.2) is 31.6 Å². The van der Waals surface area contributed by atoms with Gasteiger partial charge in [-0.1, -0.05) is 0 Å². The molecule has 0 spiro atoms. The Labute approximate surface area is 158 Å². The lowest BCUT2D eigenvalue weighted by Gasteiger charge is -2.17. The van der Waals surface area contributed by atoms with Gasteiger partial charge >= 0.3 is 0 Å². The van der Waals surface area contributed by atoms with E-state index in [1.54, 1.807) is 30.3 Å². The van der Waals surface area contributed by atoms with E-state index < -0.39 is 10.0 Å². The van der Waals surface area contributed by atoms with Crippen LogP contribution in [0.2, 0.25) is 0 Å². The van der Waals surface area contributed by atoms with Crippen molar-refractivity contribution in [2.24, 2.45) is 0 Å². The number of nitrogens with zero attached hydrogens (tertiary/aromatic N) is 1. The highest BCUT2D eigenvalue weighted by molar-refractivity contribution is 7.93. The Hall–Kier alpha value is -2.80. The van der Waals surface area contributed by atoms with Gasteiger partial charge in [0.25, 0.3) is 5.91 Å². The molecule has 2 heterocycles. The molecule has 1 saturated heterocycles. The number of rotatable bonds is 3. The van der Waals surface area contributed by atoms with Crippen LogP contribution < -0.4 is 9.62 Å². The maximum absolute atomic E-state index is 12.6. The average molecular weight is 383 g/mol. The standard InChI is InChI=1S/C20H21N3O3S/c1-13-14(2)21-19-9-4-15(12-18(13)19)20(24)22-16-5-7-17(8-6-16)23-10-3-11-27(23,25)26/h4-9,12,21H,3,10-11H2,1-2H3,(H,22,24). The fourth-order valence-corrected chi connectivity index (χ4v) is 5.01. The number of aromatic amines is 1. The molecule has 27 heavy (non-hydrogen) atoms. The molecule has 1 amide bonds. The Bertz CT molecular complexity index is 1130. The summed E-state index contributed by atoms with van der Waals surface area (Å²) in [5.74, 6) is -0.0110. The lowest BCUT2D eigenvalue weighted by atomic mass is 10.1. The van der Waals surface area contributed by atoms with E-state index in [2.05, 4.69) is 10.3 Å². The predicted molar refractivity (Wildman–Crippen MR) is 108 cm³/mol. The molecule has 0 unspecified atom stereocenters. The summed E-state index contributed by atoms with van der Waals surface area (Å²) in [6.07, 6.45) is 0.640. The van der Waals surface area contributed by atoms with Crippen molar-refractivity contribution in [2.45, 2.75) is 20.3 Å². The van der Waals surface area contributed by atoms with E-state index in [0.29, 0.717) is 29.9 Å². The summed E-state index contributed by atoms with van der Waals surface area (Å²) in [7, 11) is -3.20. The van der Waals surface area contributed by atoms with Crippen molar-refractivity contribution < 1.29 is 13.2 Å². The highest BCUT2D eigenvalue weighted by atomic mass is 32.2. The lowest BCUT2D eigenvalue weighted by molar-refractivity contribution is 0.102. The summed E-state index contributed by atoms with van der Waals surface area (Å²) in [5.41, 5.74) is 5.08. The first-order valence-corrected chi connectivity index (χ1v) is 10.5. The van der Waals surface area contributed by atoms with Crippen molar-refractivity contribution in [3.05, 3.63) is 59.3 Å². The minimum atomic E-state index is -3.20. The minimum absolute atomic E-state index is 0.187. The normalized spacial score (nSPS) is 16.0. The quantitative estimate of drug-likeness (QED) is 0.725. The Morgan fingerprint density at radius 2 is 1.85 bits per heavy atom. The van der Waals surface area contributed by atoms with Gasteiger partial charge < -0.3 is 10.3 Å². The van der Waals surface area contributed by atoms with Crippen LogP contribution in [-0.2, 0) is 10.0 Å². The summed E-state index contributed by atoms with van der Waals surface area (Å²) in [5, 5.41) is 3.91. The molecule has 1 aliphatic heterocycles. The van der Waals surface area contributed by atoms with Crippen molar-refractivity contribution in [3.63, 3.8) is 0 Å². The number of hydrogen-bond acceptors (Lipinski definition) is 3. The number of fused-ring (bicyclic) bond motifs is 1. The van der Waals surface area contributed by atoms with E-state index in [1.807, 2.05) is 26.0 Å². The number of amides is 1. The number of aromatic nitrogens is 1. The average Bonchev–Trinajstić information content (AvgIpc) is 3.14. The van der Waals surface area contributed by atoms with Crippen LogP contribution in [0.4, 0.5) is 11.4 Å². The van der Waals surface area contributed by atoms with Gasteiger partial charge in [-0.25, -0.2) is 8.42 Å². The molecule has 7 heteroatoms. The fourth-order valence-electron chi connectivity index (χ4n) is 3.45. The Kier molecular flexibility index (Phi) is 4.19. The number of hydrogen-bond donors (Lipinski definition) is 2. The van der Waals surface area contributed by atoms with Crippen LogP contribution in [0.3, 0.4) is 0 Å². The van der Waals surface area contributed by atoms with Crippen LogP contribution in [0.1, 0.15) is 28.0 Å². The maximum atomic E-state index is 12.6. The van der Waals surface area contributed by atoms with Crippen molar-refractivity contribution in [2.75, 3.05) is 21.9 Å². The lowest BCUT2D eigenvalue weighted by Crippen LogP contribution is -2.24. The molecule has 0 saturated carbocycles. The van der Waals surface area contributed by atoms with Gasteiger partial charge in [0.05, 0.1) is 11.4 Å². The first kappa shape index (κ1) is 17.6. The first-order valence-electron chi connectivity index (χ1n) is 8.86. The molecule has 0 radical (unpaired) electrons. The Morgan fingerprint density at radius 1 is 1.11 bits per heavy atom. The molecule has 0 bridgehead atoms. The fraction of sp³-hybridized carbons (Fsp3) is 0.250. The molecule has 6 nitrogen and oxygen atoms in total. The van der Waals surface area contributed by atoms with Crippen molar-refractivity contribution >= 4 is 38.2 Å². The monoisotopic (exact) mass is 383 g/mol. The van der Waals surface area contributed by atoms with Crippen LogP contribution in [0.25, 0.3) is 10.9 Å². The van der Waals surface area contributed by atoms with E-state index in [-0.39, 0.29) is 11.7 Å². The number of carbonyl (C=O) groups excluding carboxylic acids is 1. The summed E-state index contributed by atoms with van der Waals surface area (Å²) < 4.78 is 25.4. The van der Waals surface area contributed by atoms with Gasteiger partial charge in [0.2, 0.25) is 10.0 Å². The van der Waals surface area contributed by atoms with E-state index >= 15 is 0 Å². The molecule has 2 N–H and O–H groups in total. The van der Waals surface area contributed by atoms with Crippen LogP contribution >= 0.6 is 0 Å². The van der Waals surface area contributed by atoms with Crippen LogP contribution in [0.15, 0.2) is 42.5 Å². The third-order valence-corrected chi connectivity index (χ3v) is 6.95. The number of sulfonamides is 1. The molecular weight excluding hydrogens is 362 g/mol. The Balaban J connectivity index is 1.54. The predicted octanol–water partition coefficient (Wildman–Crippen LogP) is 3.58. The molecule has 1 aromatic heterocycles. The van der Waals surface area contributed by atoms with E-state index in [0.717, 1.165) is 22.2 Å². The number of carbonyl (C=O) groups is 1. The molecular formula is C20H21N3O3S. The summed E-state index contributed by atoms with van der Waals surface area (Å²) in [6.45, 7) is 4.54. The van der Waals surface area contributed by atoms with E-state index in [4.69, 9.17) is 0 Å². The van der Waals surface area contributed by atoms with Gasteiger partial charge in [-0.3, -0.25) is 9.10 Å². The van der Waals surface area contributed by atoms with Crippen LogP contribution in [0.5, 0.6) is 0 Å². The third kappa shape index (κ3) is 3.19. The van der Waals surface area contributed by atoms with Gasteiger partial charge in [0.1, 0.15) is 0 Å². The highest BCUT2D eigenvalue weighted by Gasteiger charge is 2.28. The van der Waals surface area contributed by atoms with Gasteiger partial charge in [-0.05, 0) is 68.3 Å². The second-order valence-corrected chi connectivity index (χ2v) is 8.89. The molecule has 0 atom stereocenters. The van der Waals surface area contributed by atoms with Gasteiger partial charge in [-0.15, -0.1) is 0 Å². The molecule has 4 rings (SSSR count). The highest BCUT2D eigenvalue weighted by Crippen LogP contribution is 2.26. The zero-order chi connectivity index (χ0) is 19.2. The molecule has 0 aliphatic carbocycles. The largest absolute Gasteiger partial charge is 0.358 e. The summed E-state index contributed by atoms with van der Waals surface area (Å²) in [6, 6.07) is 12.5. The van der Waals surface area contributed by atoms with Crippen molar-refractivity contribution in [3.8, 4) is 0 Å². The SMILES string of the molecule is Cc1[nH]c2ccc(C(=O)Nc3ccc(N4CCCS4(=O)=O)cc3)cc2c1C. The summed E-state index contributed by atoms with van der Waals surface area (Å²) in [4.78, 5) is 15.9. The van der Waals surface area contributed by atoms with Crippen molar-refractivity contribution in [1.29, 1.82) is 0 Å². The number of H-pyrrole nitrogens is 1. The topological polar surface area (TPSA) is 82.3 Å². The zero-order valence-corrected chi connectivity index (χ0v) is 16.1. The Morgan fingerprint density at radius 3 is 2.52 bits per heavy atom. The van der Waals surface area contributed by atoms with Gasteiger partial charge in [-0.2, -0.15) is 0 Å². The smallest absolute Gasteiger partial charge is 0.255 e. The number of nitrogens with one attached hydrogen (secondary N) is 2. The van der Waals surface area contributed by atoms with E-state index in [1.165, 1.54) is 4.31 Å². The first-order chi connectivity index (χ1) is 12.8. The molecule has 2 aromatic carbocycles. The maximum Gasteiger partial charge on any atom is 0.255 e. The van der Waals surface area contributed by atoms with Crippen molar-refractivity contribution in [1.82, 2.24) is 4.98 Å². The number of benzene rings is 2. The number of anilines is 2. The van der Waals surface area contributed by atoms with Gasteiger partial charge in [0, 0.05) is 34.4 Å². The number of aryl methyl sites for hydroxylation is 2. The third-order valence-electron chi connectivity index (χ3n) is 5.08. The molecule has 140 valence electrons. The van der Waals surface area contributed by atoms with E-state index in [9.17, 15) is 13.2 Å². The minimum Gasteiger partial charge on any atom is -0.358 e.